The van der Waals surface area contributed by atoms with E-state index < -0.39 is 0 Å². The van der Waals surface area contributed by atoms with E-state index >= 15 is 0 Å². The highest BCUT2D eigenvalue weighted by molar-refractivity contribution is 5.70. The van der Waals surface area contributed by atoms with Crippen LogP contribution in [-0.4, -0.2) is 5.11 Å². The van der Waals surface area contributed by atoms with Gasteiger partial charge in [-0.25, -0.2) is 0 Å². The molecule has 1 heteroatoms. The molecule has 2 aromatic carbocycles. The van der Waals surface area contributed by atoms with E-state index in [1.165, 1.54) is 22.3 Å². The molecule has 0 aromatic heterocycles. The maximum atomic E-state index is 9.67. The fourth-order valence-electron chi connectivity index (χ4n) is 2.02. The summed E-state index contributed by atoms with van der Waals surface area (Å²) in [6.45, 7) is 8.21. The highest BCUT2D eigenvalue weighted by atomic mass is 16.3. The molecule has 0 unspecified atom stereocenters. The van der Waals surface area contributed by atoms with Crippen LogP contribution in [0.3, 0.4) is 0 Å². The molecule has 17 heavy (non-hydrogen) atoms. The largest absolute Gasteiger partial charge is 0.508 e. The zero-order chi connectivity index (χ0) is 12.6. The van der Waals surface area contributed by atoms with Crippen LogP contribution in [0.5, 0.6) is 5.75 Å². The summed E-state index contributed by atoms with van der Waals surface area (Å²) in [6.07, 6.45) is 0. The van der Waals surface area contributed by atoms with Crippen molar-refractivity contribution >= 4 is 0 Å². The monoisotopic (exact) mass is 226 g/mol. The standard InChI is InChI=1S/C16H18O/c1-10-5-6-14(7-11(10)2)15-8-13(4)16(17)9-12(15)3/h5-9,17H,1-4H3. The van der Waals surface area contributed by atoms with Crippen molar-refractivity contribution in [2.75, 3.05) is 0 Å². The van der Waals surface area contributed by atoms with Crippen LogP contribution in [0.1, 0.15) is 22.3 Å². The number of hydrogen-bond acceptors (Lipinski definition) is 1. The van der Waals surface area contributed by atoms with Crippen molar-refractivity contribution in [2.45, 2.75) is 27.7 Å². The van der Waals surface area contributed by atoms with Gasteiger partial charge in [0, 0.05) is 0 Å². The average Bonchev–Trinajstić information content (AvgIpc) is 2.27. The molecule has 0 atom stereocenters. The van der Waals surface area contributed by atoms with Gasteiger partial charge in [-0.1, -0.05) is 18.2 Å². The Morgan fingerprint density at radius 2 is 1.41 bits per heavy atom. The topological polar surface area (TPSA) is 20.2 Å². The SMILES string of the molecule is Cc1ccc(-c2cc(C)c(O)cc2C)cc1C. The third-order valence-corrected chi connectivity index (χ3v) is 3.36. The summed E-state index contributed by atoms with van der Waals surface area (Å²) < 4.78 is 0. The van der Waals surface area contributed by atoms with Crippen LogP contribution in [0.15, 0.2) is 30.3 Å². The molecule has 0 heterocycles. The number of hydrogen-bond donors (Lipinski definition) is 1. The van der Waals surface area contributed by atoms with Gasteiger partial charge in [0.2, 0.25) is 0 Å². The first-order chi connectivity index (χ1) is 7.99. The third-order valence-electron chi connectivity index (χ3n) is 3.36. The molecule has 0 bridgehead atoms. The maximum Gasteiger partial charge on any atom is 0.118 e. The predicted molar refractivity (Wildman–Crippen MR) is 72.5 cm³/mol. The minimum atomic E-state index is 0.370. The molecule has 0 amide bonds. The van der Waals surface area contributed by atoms with Crippen LogP contribution in [0.4, 0.5) is 0 Å². The van der Waals surface area contributed by atoms with Crippen molar-refractivity contribution in [2.24, 2.45) is 0 Å². The molecule has 0 saturated carbocycles. The molecule has 0 aliphatic heterocycles. The quantitative estimate of drug-likeness (QED) is 0.769. The fraction of sp³-hybridized carbons (Fsp3) is 0.250. The van der Waals surface area contributed by atoms with Gasteiger partial charge in [-0.2, -0.15) is 0 Å². The lowest BCUT2D eigenvalue weighted by atomic mass is 9.95. The molecule has 1 N–H and O–H groups in total. The number of aryl methyl sites for hydroxylation is 4. The van der Waals surface area contributed by atoms with Gasteiger partial charge in [0.05, 0.1) is 0 Å². The van der Waals surface area contributed by atoms with E-state index in [-0.39, 0.29) is 0 Å². The Labute approximate surface area is 103 Å². The Morgan fingerprint density at radius 1 is 0.706 bits per heavy atom. The minimum Gasteiger partial charge on any atom is -0.508 e. The van der Waals surface area contributed by atoms with Crippen LogP contribution in [0, 0.1) is 27.7 Å². The molecule has 88 valence electrons. The van der Waals surface area contributed by atoms with Crippen molar-refractivity contribution in [3.8, 4) is 16.9 Å². The lowest BCUT2D eigenvalue weighted by molar-refractivity contribution is 0.471. The summed E-state index contributed by atoms with van der Waals surface area (Å²) in [5.74, 6) is 0.370. The van der Waals surface area contributed by atoms with E-state index in [4.69, 9.17) is 0 Å². The molecule has 1 nitrogen and oxygen atoms in total. The summed E-state index contributed by atoms with van der Waals surface area (Å²) in [7, 11) is 0. The highest BCUT2D eigenvalue weighted by Crippen LogP contribution is 2.30. The molecule has 0 saturated heterocycles. The third kappa shape index (κ3) is 2.19. The lowest BCUT2D eigenvalue weighted by Gasteiger charge is -2.11. The smallest absolute Gasteiger partial charge is 0.118 e. The number of phenolic OH excluding ortho intramolecular Hbond substituents is 1. The van der Waals surface area contributed by atoms with Crippen molar-refractivity contribution < 1.29 is 5.11 Å². The van der Waals surface area contributed by atoms with Crippen molar-refractivity contribution in [3.63, 3.8) is 0 Å². The zero-order valence-corrected chi connectivity index (χ0v) is 10.8. The zero-order valence-electron chi connectivity index (χ0n) is 10.8. The second-order valence-electron chi connectivity index (χ2n) is 4.75. The summed E-state index contributed by atoms with van der Waals surface area (Å²) in [5, 5.41) is 9.67. The molecule has 2 aromatic rings. The van der Waals surface area contributed by atoms with Crippen molar-refractivity contribution in [3.05, 3.63) is 52.6 Å². The Balaban J connectivity index is 2.60. The molecule has 0 radical (unpaired) electrons. The number of aromatic hydroxyl groups is 1. The summed E-state index contributed by atoms with van der Waals surface area (Å²) in [4.78, 5) is 0. The number of phenols is 1. The molecule has 0 aliphatic rings. The second-order valence-corrected chi connectivity index (χ2v) is 4.75. The Hall–Kier alpha value is -1.76. The Bertz CT molecular complexity index is 568. The normalized spacial score (nSPS) is 10.6. The molecule has 0 aliphatic carbocycles. The van der Waals surface area contributed by atoms with Gasteiger partial charge in [-0.05, 0) is 73.2 Å². The van der Waals surface area contributed by atoms with Gasteiger partial charge < -0.3 is 5.11 Å². The van der Waals surface area contributed by atoms with Gasteiger partial charge in [-0.15, -0.1) is 0 Å². The van der Waals surface area contributed by atoms with Gasteiger partial charge in [0.25, 0.3) is 0 Å². The maximum absolute atomic E-state index is 9.67. The number of benzene rings is 2. The molecule has 2 rings (SSSR count). The van der Waals surface area contributed by atoms with E-state index in [0.29, 0.717) is 5.75 Å². The van der Waals surface area contributed by atoms with Crippen LogP contribution >= 0.6 is 0 Å². The van der Waals surface area contributed by atoms with E-state index in [1.54, 1.807) is 0 Å². The second kappa shape index (κ2) is 4.25. The molecular formula is C16H18O. The summed E-state index contributed by atoms with van der Waals surface area (Å²) in [6, 6.07) is 10.4. The fourth-order valence-corrected chi connectivity index (χ4v) is 2.02. The predicted octanol–water partition coefficient (Wildman–Crippen LogP) is 4.29. The minimum absolute atomic E-state index is 0.370. The van der Waals surface area contributed by atoms with E-state index in [2.05, 4.69) is 38.1 Å². The van der Waals surface area contributed by atoms with Gasteiger partial charge in [-0.3, -0.25) is 0 Å². The van der Waals surface area contributed by atoms with E-state index in [1.807, 2.05) is 19.9 Å². The van der Waals surface area contributed by atoms with Crippen LogP contribution in [-0.2, 0) is 0 Å². The molecule has 0 fully saturated rings. The first-order valence-electron chi connectivity index (χ1n) is 5.87. The Kier molecular flexibility index (Phi) is 2.93. The van der Waals surface area contributed by atoms with E-state index in [0.717, 1.165) is 11.1 Å². The van der Waals surface area contributed by atoms with Crippen molar-refractivity contribution in [1.82, 2.24) is 0 Å². The summed E-state index contributed by atoms with van der Waals surface area (Å²) in [5.41, 5.74) is 7.05. The van der Waals surface area contributed by atoms with Crippen LogP contribution in [0.25, 0.3) is 11.1 Å². The van der Waals surface area contributed by atoms with Gasteiger partial charge >= 0.3 is 0 Å². The van der Waals surface area contributed by atoms with E-state index in [9.17, 15) is 5.11 Å². The van der Waals surface area contributed by atoms with Gasteiger partial charge in [0.1, 0.15) is 5.75 Å². The molecule has 0 spiro atoms. The first-order valence-corrected chi connectivity index (χ1v) is 5.87. The van der Waals surface area contributed by atoms with Crippen LogP contribution < -0.4 is 0 Å². The van der Waals surface area contributed by atoms with Crippen molar-refractivity contribution in [1.29, 1.82) is 0 Å². The van der Waals surface area contributed by atoms with Crippen LogP contribution in [0.2, 0.25) is 0 Å². The molecular weight excluding hydrogens is 208 g/mol. The summed E-state index contributed by atoms with van der Waals surface area (Å²) >= 11 is 0. The number of rotatable bonds is 1. The lowest BCUT2D eigenvalue weighted by Crippen LogP contribution is -1.88. The first kappa shape index (κ1) is 11.7. The van der Waals surface area contributed by atoms with Gasteiger partial charge in [0.15, 0.2) is 0 Å². The Morgan fingerprint density at radius 3 is 2.06 bits per heavy atom. The average molecular weight is 226 g/mol. The highest BCUT2D eigenvalue weighted by Gasteiger charge is 2.06.